The highest BCUT2D eigenvalue weighted by atomic mass is 35.5. The number of benzene rings is 1. The lowest BCUT2D eigenvalue weighted by atomic mass is 9.99. The molecule has 55 heavy (non-hydrogen) atoms. The van der Waals surface area contributed by atoms with Crippen LogP contribution in [0.25, 0.3) is 10.8 Å². The van der Waals surface area contributed by atoms with Crippen LogP contribution in [0.1, 0.15) is 86.0 Å². The van der Waals surface area contributed by atoms with Gasteiger partial charge in [-0.15, -0.1) is 0 Å². The molecule has 2 aromatic rings. The quantitative estimate of drug-likeness (QED) is 0.149. The van der Waals surface area contributed by atoms with Crippen LogP contribution in [0.15, 0.2) is 36.5 Å². The number of halogens is 1. The fourth-order valence-electron chi connectivity index (χ4n) is 6.90. The number of fused-ring (bicyclic) bond motifs is 1. The van der Waals surface area contributed by atoms with E-state index in [2.05, 4.69) is 20.3 Å². The van der Waals surface area contributed by atoms with Crippen molar-refractivity contribution >= 4 is 56.2 Å². The minimum Gasteiger partial charge on any atom is -0.494 e. The number of alkyl carbamates (subject to hydrolysis) is 1. The van der Waals surface area contributed by atoms with Gasteiger partial charge in [0.15, 0.2) is 0 Å². The molecule has 3 N–H and O–H groups in total. The number of likely N-dealkylation sites (tertiary alicyclic amines) is 1. The predicted octanol–water partition coefficient (Wildman–Crippen LogP) is 5.27. The van der Waals surface area contributed by atoms with Gasteiger partial charge in [-0.2, -0.15) is 0 Å². The van der Waals surface area contributed by atoms with Crippen LogP contribution < -0.4 is 24.8 Å². The molecule has 1 aromatic heterocycles. The Kier molecular flexibility index (Phi) is 13.0. The summed E-state index contributed by atoms with van der Waals surface area (Å²) in [5.41, 5.74) is -0.794. The third-order valence-electron chi connectivity index (χ3n) is 10.6. The summed E-state index contributed by atoms with van der Waals surface area (Å²) in [6.45, 7) is 8.76. The largest absolute Gasteiger partial charge is 0.494 e. The molecule has 6 unspecified atom stereocenters. The first-order valence-corrected chi connectivity index (χ1v) is 20.8. The number of likely N-dealkylation sites (N-methyl/N-ethyl adjacent to an activating group) is 1. The van der Waals surface area contributed by atoms with Crippen molar-refractivity contribution in [1.29, 1.82) is 0 Å². The van der Waals surface area contributed by atoms with Gasteiger partial charge < -0.3 is 29.7 Å². The Balaban J connectivity index is 1.21. The highest BCUT2D eigenvalue weighted by Crippen LogP contribution is 2.44. The van der Waals surface area contributed by atoms with E-state index in [-0.39, 0.29) is 30.2 Å². The number of amides is 4. The van der Waals surface area contributed by atoms with Gasteiger partial charge in [-0.3, -0.25) is 19.1 Å². The Morgan fingerprint density at radius 1 is 1.11 bits per heavy atom. The number of hydrogen-bond donors (Lipinski definition) is 3. The molecule has 3 fully saturated rings. The molecule has 0 bridgehead atoms. The summed E-state index contributed by atoms with van der Waals surface area (Å²) in [5, 5.41) is 7.28. The van der Waals surface area contributed by atoms with Crippen molar-refractivity contribution < 1.29 is 41.8 Å². The molecular weight excluding hydrogens is 750 g/mol. The Hall–Kier alpha value is -4.11. The van der Waals surface area contributed by atoms with Crippen LogP contribution in [-0.2, 0) is 29.1 Å². The number of rotatable bonds is 16. The minimum atomic E-state index is -3.64. The van der Waals surface area contributed by atoms with Gasteiger partial charge in [-0.25, -0.2) is 18.2 Å². The molecule has 4 amide bonds. The smallest absolute Gasteiger partial charge is 0.408 e. The first kappa shape index (κ1) is 42.0. The van der Waals surface area contributed by atoms with Crippen LogP contribution in [0, 0.1) is 17.8 Å². The lowest BCUT2D eigenvalue weighted by Crippen LogP contribution is -2.54. The van der Waals surface area contributed by atoms with Crippen molar-refractivity contribution in [2.75, 3.05) is 20.7 Å². The van der Waals surface area contributed by atoms with Crippen molar-refractivity contribution in [3.63, 3.8) is 0 Å². The zero-order chi connectivity index (χ0) is 40.3. The lowest BCUT2D eigenvalue weighted by molar-refractivity contribution is -0.140. The van der Waals surface area contributed by atoms with Crippen molar-refractivity contribution in [2.45, 2.75) is 115 Å². The lowest BCUT2D eigenvalue weighted by Gasteiger charge is -2.30. The predicted molar refractivity (Wildman–Crippen MR) is 208 cm³/mol. The molecule has 1 saturated heterocycles. The first-order valence-electron chi connectivity index (χ1n) is 18.9. The summed E-state index contributed by atoms with van der Waals surface area (Å²) in [7, 11) is -0.591. The van der Waals surface area contributed by atoms with E-state index in [4.69, 9.17) is 25.8 Å². The summed E-state index contributed by atoms with van der Waals surface area (Å²) in [5.74, 6) is -1.16. The second-order valence-corrected chi connectivity index (χ2v) is 18.7. The molecule has 1 aromatic carbocycles. The highest BCUT2D eigenvalue weighted by Gasteiger charge is 2.53. The van der Waals surface area contributed by atoms with E-state index in [1.165, 1.54) is 11.9 Å². The number of nitrogens with one attached hydrogen (secondary N) is 3. The van der Waals surface area contributed by atoms with E-state index in [0.29, 0.717) is 48.3 Å². The van der Waals surface area contributed by atoms with Crippen LogP contribution in [0.3, 0.4) is 0 Å². The minimum absolute atomic E-state index is 0.0168. The van der Waals surface area contributed by atoms with E-state index in [9.17, 15) is 27.6 Å². The maximum absolute atomic E-state index is 14.3. The van der Waals surface area contributed by atoms with Gasteiger partial charge in [0.25, 0.3) is 0 Å². The number of methoxy groups -OCH3 is 1. The number of nitrogens with zero attached hydrogens (tertiary/aromatic N) is 2. The number of ether oxygens (including phenoxy) is 3. The maximum atomic E-state index is 14.3. The van der Waals surface area contributed by atoms with Crippen LogP contribution in [0.4, 0.5) is 4.79 Å². The van der Waals surface area contributed by atoms with Gasteiger partial charge in [-0.1, -0.05) is 43.5 Å². The van der Waals surface area contributed by atoms with E-state index < -0.39 is 62.4 Å². The van der Waals surface area contributed by atoms with Crippen molar-refractivity contribution in [3.8, 4) is 11.6 Å². The summed E-state index contributed by atoms with van der Waals surface area (Å²) in [6, 6.07) is 3.43. The van der Waals surface area contributed by atoms with Crippen molar-refractivity contribution in [2.24, 2.45) is 17.8 Å². The number of allylic oxidation sites excluding steroid dienone is 2. The number of pyridine rings is 1. The number of carbonyl (C=O) groups is 4. The Morgan fingerprint density at radius 3 is 2.49 bits per heavy atom. The van der Waals surface area contributed by atoms with Crippen LogP contribution >= 0.6 is 11.6 Å². The second-order valence-electron chi connectivity index (χ2n) is 16.1. The van der Waals surface area contributed by atoms with Gasteiger partial charge >= 0.3 is 6.09 Å². The molecule has 0 radical (unpaired) electrons. The van der Waals surface area contributed by atoms with E-state index >= 15 is 0 Å². The van der Waals surface area contributed by atoms with Crippen LogP contribution in [0.2, 0.25) is 5.02 Å². The number of aromatic nitrogens is 1. The molecule has 1 aliphatic heterocycles. The second kappa shape index (κ2) is 16.9. The summed E-state index contributed by atoms with van der Waals surface area (Å²) >= 11 is 6.33. The monoisotopic (exact) mass is 803 g/mol. The van der Waals surface area contributed by atoms with Crippen molar-refractivity contribution in [1.82, 2.24) is 25.2 Å². The molecule has 2 aliphatic carbocycles. The Bertz CT molecular complexity index is 1910. The van der Waals surface area contributed by atoms with E-state index in [1.807, 2.05) is 25.1 Å². The number of carbonyl (C=O) groups excluding carboxylic acids is 4. The van der Waals surface area contributed by atoms with Gasteiger partial charge in [0.1, 0.15) is 29.5 Å². The fourth-order valence-corrected chi connectivity index (χ4v) is 8.37. The van der Waals surface area contributed by atoms with Crippen LogP contribution in [0.5, 0.6) is 11.6 Å². The molecule has 6 atom stereocenters. The topological polar surface area (TPSA) is 182 Å². The third-order valence-corrected chi connectivity index (χ3v) is 13.0. The van der Waals surface area contributed by atoms with Gasteiger partial charge in [0, 0.05) is 34.7 Å². The fraction of sp³-hybridized carbons (Fsp3) is 0.615. The summed E-state index contributed by atoms with van der Waals surface area (Å²) < 4.78 is 43.6. The van der Waals surface area contributed by atoms with Gasteiger partial charge in [0.05, 0.1) is 24.6 Å². The van der Waals surface area contributed by atoms with Gasteiger partial charge in [0.2, 0.25) is 33.6 Å². The number of sulfonamides is 1. The molecule has 3 aliphatic rings. The average molecular weight is 804 g/mol. The number of hydrogen-bond acceptors (Lipinski definition) is 10. The Morgan fingerprint density at radius 2 is 1.84 bits per heavy atom. The number of unbranched alkanes of at least 4 members (excludes halogenated alkanes) is 3. The molecular formula is C39H54ClN5O9S. The summed E-state index contributed by atoms with van der Waals surface area (Å²) in [4.78, 5) is 59.0. The standard InChI is InChI=1S/C39H54ClN5O9S/c1-23-31(53-35-28-20-25(40)15-16-26(28)30(52-7)21-42-35)22-45(32(23)34(47)41-6)36(48)29(43-37(49)54-38(2,3)4)14-12-10-8-9-11-13-24-19-27(24)33(46)44-55(50,51)39(5)17-18-39/h11,13,15-16,20-21,23-24,27,29,31-32H,8-10,12,14,17-19,22H2,1-7H3,(H,41,47)(H,43,49)(H,44,46). The van der Waals surface area contributed by atoms with E-state index in [0.717, 1.165) is 24.6 Å². The maximum Gasteiger partial charge on any atom is 0.408 e. The highest BCUT2D eigenvalue weighted by molar-refractivity contribution is 7.91. The molecule has 302 valence electrons. The molecule has 0 spiro atoms. The molecule has 5 rings (SSSR count). The first-order chi connectivity index (χ1) is 25.9. The SMILES string of the molecule is CNC(=O)C1C(C)C(Oc2ncc(OC)c3ccc(Cl)cc23)CN1C(=O)C(CCCCCC=CC1CC1C(=O)NS(=O)(=O)C1(C)CC1)NC(=O)OC(C)(C)C. The molecule has 16 heteroatoms. The van der Waals surface area contributed by atoms with Crippen LogP contribution in [-0.4, -0.2) is 91.4 Å². The van der Waals surface area contributed by atoms with Crippen molar-refractivity contribution in [3.05, 3.63) is 41.6 Å². The zero-order valence-electron chi connectivity index (χ0n) is 32.6. The zero-order valence-corrected chi connectivity index (χ0v) is 34.2. The Labute approximate surface area is 328 Å². The van der Waals surface area contributed by atoms with E-state index in [1.54, 1.807) is 53.1 Å². The average Bonchev–Trinajstić information content (AvgIpc) is 4.04. The normalized spacial score (nSPS) is 23.6. The van der Waals surface area contributed by atoms with Gasteiger partial charge in [-0.05, 0) is 90.3 Å². The molecule has 14 nitrogen and oxygen atoms in total. The molecule has 2 heterocycles. The molecule has 2 saturated carbocycles. The summed E-state index contributed by atoms with van der Waals surface area (Å²) in [6.07, 6.45) is 9.10. The third kappa shape index (κ3) is 10.2.